The molecule has 2 aromatic heterocycles. The van der Waals surface area contributed by atoms with Gasteiger partial charge < -0.3 is 29.9 Å². The fourth-order valence-corrected chi connectivity index (χ4v) is 4.22. The molecular formula is C25H30N8O3. The van der Waals surface area contributed by atoms with E-state index in [9.17, 15) is 4.79 Å². The number of hydrogen-bond acceptors (Lipinski definition) is 9. The minimum absolute atomic E-state index is 0.162. The number of rotatable bonds is 5. The maximum absolute atomic E-state index is 12.3. The molecule has 188 valence electrons. The molecule has 2 aliphatic rings. The quantitative estimate of drug-likeness (QED) is 0.556. The van der Waals surface area contributed by atoms with Crippen molar-refractivity contribution in [2.45, 2.75) is 25.9 Å². The van der Waals surface area contributed by atoms with Crippen LogP contribution in [0.5, 0.6) is 0 Å². The van der Waals surface area contributed by atoms with Crippen molar-refractivity contribution in [2.24, 2.45) is 0 Å². The molecule has 11 nitrogen and oxygen atoms in total. The Kier molecular flexibility index (Phi) is 7.19. The third-order valence-electron chi connectivity index (χ3n) is 6.20. The zero-order valence-electron chi connectivity index (χ0n) is 20.4. The second-order valence-electron chi connectivity index (χ2n) is 8.89. The predicted molar refractivity (Wildman–Crippen MR) is 137 cm³/mol. The Balaban J connectivity index is 1.39. The Bertz CT molecular complexity index is 1140. The van der Waals surface area contributed by atoms with E-state index >= 15 is 0 Å². The summed E-state index contributed by atoms with van der Waals surface area (Å²) in [5, 5.41) is 5.62. The van der Waals surface area contributed by atoms with Crippen LogP contribution in [-0.2, 0) is 9.47 Å². The number of anilines is 4. The van der Waals surface area contributed by atoms with Crippen LogP contribution in [0.1, 0.15) is 13.8 Å². The lowest BCUT2D eigenvalue weighted by molar-refractivity contribution is 0.0969. The average molecular weight is 491 g/mol. The highest BCUT2D eigenvalue weighted by molar-refractivity contribution is 5.99. The summed E-state index contributed by atoms with van der Waals surface area (Å²) in [5.74, 6) is 1.87. The maximum Gasteiger partial charge on any atom is 0.323 e. The third kappa shape index (κ3) is 5.52. The minimum atomic E-state index is -0.332. The van der Waals surface area contributed by atoms with Gasteiger partial charge in [-0.1, -0.05) is 0 Å². The summed E-state index contributed by atoms with van der Waals surface area (Å²) in [6, 6.07) is 10.9. The topological polar surface area (TPSA) is 118 Å². The second kappa shape index (κ2) is 10.8. The van der Waals surface area contributed by atoms with Crippen molar-refractivity contribution in [3.05, 3.63) is 48.8 Å². The summed E-state index contributed by atoms with van der Waals surface area (Å²) in [7, 11) is 0. The molecule has 2 amide bonds. The number of ether oxygens (including phenoxy) is 2. The number of morpholine rings is 2. The number of aromatic nitrogens is 4. The molecule has 0 bridgehead atoms. The van der Waals surface area contributed by atoms with E-state index in [1.165, 1.54) is 0 Å². The summed E-state index contributed by atoms with van der Waals surface area (Å²) in [5.41, 5.74) is 2.16. The molecule has 2 N–H and O–H groups in total. The first-order chi connectivity index (χ1) is 17.6. The lowest BCUT2D eigenvalue weighted by Gasteiger charge is -2.36. The van der Waals surface area contributed by atoms with Crippen LogP contribution >= 0.6 is 0 Å². The predicted octanol–water partition coefficient (Wildman–Crippen LogP) is 3.03. The van der Waals surface area contributed by atoms with E-state index in [1.54, 1.807) is 24.5 Å². The number of pyridine rings is 1. The highest BCUT2D eigenvalue weighted by Crippen LogP contribution is 2.26. The molecule has 0 spiro atoms. The number of hydrogen-bond donors (Lipinski definition) is 2. The number of carbonyl (C=O) groups excluding carboxylic acids is 1. The first-order valence-electron chi connectivity index (χ1n) is 12.1. The molecule has 1 aromatic carbocycles. The molecule has 5 rings (SSSR count). The van der Waals surface area contributed by atoms with Crippen LogP contribution in [0.15, 0.2) is 48.8 Å². The SMILES string of the molecule is C[C@H]1COCCN1c1nc(-c2ccc(NC(=O)Nc3ccncc3)cc2)nc(N2CCOC[C@@H]2C)n1. The molecule has 36 heavy (non-hydrogen) atoms. The van der Waals surface area contributed by atoms with Crippen LogP contribution < -0.4 is 20.4 Å². The lowest BCUT2D eigenvalue weighted by Crippen LogP contribution is -2.46. The summed E-state index contributed by atoms with van der Waals surface area (Å²) >= 11 is 0. The van der Waals surface area contributed by atoms with Gasteiger partial charge in [0.25, 0.3) is 0 Å². The molecule has 0 saturated carbocycles. The molecule has 2 atom stereocenters. The molecule has 2 fully saturated rings. The standard InChI is InChI=1S/C25H30N8O3/c1-17-15-35-13-11-32(17)23-29-22(30-24(31-23)33-12-14-36-16-18(33)2)19-3-5-20(6-4-19)27-25(34)28-21-7-9-26-10-8-21/h3-10,17-18H,11-16H2,1-2H3,(H2,26,27,28,34)/t17-,18-/m0/s1. The second-order valence-corrected chi connectivity index (χ2v) is 8.89. The lowest BCUT2D eigenvalue weighted by atomic mass is 10.2. The molecule has 0 radical (unpaired) electrons. The largest absolute Gasteiger partial charge is 0.377 e. The molecular weight excluding hydrogens is 460 g/mol. The van der Waals surface area contributed by atoms with Gasteiger partial charge in [0.15, 0.2) is 5.82 Å². The molecule has 11 heteroatoms. The zero-order chi connectivity index (χ0) is 24.9. The zero-order valence-corrected chi connectivity index (χ0v) is 20.4. The monoisotopic (exact) mass is 490 g/mol. The summed E-state index contributed by atoms with van der Waals surface area (Å²) in [4.78, 5) is 35.1. The van der Waals surface area contributed by atoms with Gasteiger partial charge in [0, 0.05) is 42.4 Å². The fraction of sp³-hybridized carbons (Fsp3) is 0.400. The van der Waals surface area contributed by atoms with Gasteiger partial charge in [0.2, 0.25) is 11.9 Å². The number of urea groups is 1. The summed E-state index contributed by atoms with van der Waals surface area (Å²) in [6.45, 7) is 8.19. The number of nitrogens with one attached hydrogen (secondary N) is 2. The summed E-state index contributed by atoms with van der Waals surface area (Å²) < 4.78 is 11.2. The van der Waals surface area contributed by atoms with Gasteiger partial charge >= 0.3 is 6.03 Å². The maximum atomic E-state index is 12.3. The van der Waals surface area contributed by atoms with Crippen LogP contribution in [0.2, 0.25) is 0 Å². The highest BCUT2D eigenvalue weighted by Gasteiger charge is 2.27. The number of carbonyl (C=O) groups is 1. The average Bonchev–Trinajstić information content (AvgIpc) is 2.90. The van der Waals surface area contributed by atoms with Gasteiger partial charge in [0.1, 0.15) is 0 Å². The van der Waals surface area contributed by atoms with Crippen LogP contribution in [0, 0.1) is 0 Å². The molecule has 0 unspecified atom stereocenters. The molecule has 4 heterocycles. The van der Waals surface area contributed by atoms with Gasteiger partial charge in [-0.05, 0) is 50.2 Å². The smallest absolute Gasteiger partial charge is 0.323 e. The van der Waals surface area contributed by atoms with Crippen LogP contribution in [0.25, 0.3) is 11.4 Å². The van der Waals surface area contributed by atoms with E-state index in [0.29, 0.717) is 55.5 Å². The molecule has 2 saturated heterocycles. The first-order valence-corrected chi connectivity index (χ1v) is 12.1. The minimum Gasteiger partial charge on any atom is -0.377 e. The van der Waals surface area contributed by atoms with Crippen LogP contribution in [0.3, 0.4) is 0 Å². The van der Waals surface area contributed by atoms with E-state index in [-0.39, 0.29) is 18.1 Å². The number of nitrogens with zero attached hydrogens (tertiary/aromatic N) is 6. The Morgan fingerprint density at radius 2 is 1.33 bits per heavy atom. The molecule has 3 aromatic rings. The van der Waals surface area contributed by atoms with E-state index in [1.807, 2.05) is 24.3 Å². The summed E-state index contributed by atoms with van der Waals surface area (Å²) in [6.07, 6.45) is 3.24. The van der Waals surface area contributed by atoms with Crippen LogP contribution in [-0.4, -0.2) is 77.6 Å². The van der Waals surface area contributed by atoms with Gasteiger partial charge in [0.05, 0.1) is 38.5 Å². The van der Waals surface area contributed by atoms with E-state index in [2.05, 4.69) is 39.3 Å². The fourth-order valence-electron chi connectivity index (χ4n) is 4.22. The van der Waals surface area contributed by atoms with E-state index in [4.69, 9.17) is 24.4 Å². The van der Waals surface area contributed by atoms with Gasteiger partial charge in [-0.25, -0.2) is 4.79 Å². The van der Waals surface area contributed by atoms with Gasteiger partial charge in [-0.2, -0.15) is 15.0 Å². The van der Waals surface area contributed by atoms with Crippen LogP contribution in [0.4, 0.5) is 28.1 Å². The van der Waals surface area contributed by atoms with Crippen molar-refractivity contribution < 1.29 is 14.3 Å². The number of amides is 2. The van der Waals surface area contributed by atoms with Crippen molar-refractivity contribution >= 4 is 29.3 Å². The first kappa shape index (κ1) is 23.9. The van der Waals surface area contributed by atoms with Crippen molar-refractivity contribution in [3.8, 4) is 11.4 Å². The van der Waals surface area contributed by atoms with Crippen molar-refractivity contribution in [2.75, 3.05) is 60.0 Å². The molecule has 0 aliphatic carbocycles. The van der Waals surface area contributed by atoms with Crippen molar-refractivity contribution in [1.29, 1.82) is 0 Å². The Labute approximate surface area is 209 Å². The normalized spacial score (nSPS) is 20.2. The van der Waals surface area contributed by atoms with Gasteiger partial charge in [-0.3, -0.25) is 4.98 Å². The van der Waals surface area contributed by atoms with E-state index < -0.39 is 0 Å². The Morgan fingerprint density at radius 3 is 1.86 bits per heavy atom. The molecule has 2 aliphatic heterocycles. The third-order valence-corrected chi connectivity index (χ3v) is 6.20. The van der Waals surface area contributed by atoms with Crippen molar-refractivity contribution in [1.82, 2.24) is 19.9 Å². The van der Waals surface area contributed by atoms with E-state index in [0.717, 1.165) is 18.7 Å². The Hall–Kier alpha value is -3.83. The van der Waals surface area contributed by atoms with Gasteiger partial charge in [-0.15, -0.1) is 0 Å². The Morgan fingerprint density at radius 1 is 0.806 bits per heavy atom. The number of benzene rings is 1. The van der Waals surface area contributed by atoms with Crippen molar-refractivity contribution in [3.63, 3.8) is 0 Å². The highest BCUT2D eigenvalue weighted by atomic mass is 16.5.